The Hall–Kier alpha value is -2.68. The zero-order valence-electron chi connectivity index (χ0n) is 14.7. The molecule has 0 radical (unpaired) electrons. The van der Waals surface area contributed by atoms with Crippen molar-refractivity contribution in [1.82, 2.24) is 20.2 Å². The highest BCUT2D eigenvalue weighted by Crippen LogP contribution is 2.38. The molecule has 3 aromatic heterocycles. The maximum atomic E-state index is 13.6. The van der Waals surface area contributed by atoms with Crippen molar-refractivity contribution in [3.63, 3.8) is 0 Å². The SMILES string of the molecule is CC1(N)CCCN(c2ccc(C(F)(F)F)c(-c3[nH]nc4ncccc34)n2)C1.[HH]. The summed E-state index contributed by atoms with van der Waals surface area (Å²) in [6.45, 7) is 3.18. The van der Waals surface area contributed by atoms with Crippen molar-refractivity contribution in [2.75, 3.05) is 18.0 Å². The topological polar surface area (TPSA) is 83.7 Å². The number of aromatic nitrogens is 4. The fourth-order valence-corrected chi connectivity index (χ4v) is 3.54. The van der Waals surface area contributed by atoms with Gasteiger partial charge in [-0.05, 0) is 44.0 Å². The summed E-state index contributed by atoms with van der Waals surface area (Å²) in [7, 11) is 0. The molecule has 1 atom stereocenters. The van der Waals surface area contributed by atoms with Gasteiger partial charge in [-0.15, -0.1) is 0 Å². The zero-order valence-corrected chi connectivity index (χ0v) is 14.7. The van der Waals surface area contributed by atoms with Gasteiger partial charge in [-0.25, -0.2) is 9.97 Å². The molecule has 9 heteroatoms. The van der Waals surface area contributed by atoms with Gasteiger partial charge in [-0.3, -0.25) is 5.10 Å². The van der Waals surface area contributed by atoms with Crippen molar-refractivity contribution in [1.29, 1.82) is 0 Å². The van der Waals surface area contributed by atoms with Crippen molar-refractivity contribution < 1.29 is 14.6 Å². The summed E-state index contributed by atoms with van der Waals surface area (Å²) in [5, 5.41) is 7.17. The lowest BCUT2D eigenvalue weighted by atomic mass is 9.92. The van der Waals surface area contributed by atoms with E-state index in [0.717, 1.165) is 18.9 Å². The Labute approximate surface area is 155 Å². The molecule has 4 heterocycles. The number of pyridine rings is 2. The van der Waals surface area contributed by atoms with Crippen molar-refractivity contribution in [3.05, 3.63) is 36.0 Å². The van der Waals surface area contributed by atoms with Crippen LogP contribution in [0.1, 0.15) is 26.8 Å². The van der Waals surface area contributed by atoms with E-state index in [4.69, 9.17) is 5.73 Å². The molecule has 3 N–H and O–H groups in total. The van der Waals surface area contributed by atoms with E-state index in [1.807, 2.05) is 11.8 Å². The molecule has 144 valence electrons. The summed E-state index contributed by atoms with van der Waals surface area (Å²) < 4.78 is 40.8. The average Bonchev–Trinajstić information content (AvgIpc) is 3.03. The van der Waals surface area contributed by atoms with Gasteiger partial charge < -0.3 is 10.6 Å². The monoisotopic (exact) mass is 378 g/mol. The van der Waals surface area contributed by atoms with Crippen LogP contribution in [0.5, 0.6) is 0 Å². The molecular weight excluding hydrogens is 357 g/mol. The molecule has 0 bridgehead atoms. The predicted molar refractivity (Wildman–Crippen MR) is 98.3 cm³/mol. The van der Waals surface area contributed by atoms with Crippen LogP contribution in [0.25, 0.3) is 22.4 Å². The number of nitrogens with zero attached hydrogens (tertiary/aromatic N) is 4. The number of nitrogens with two attached hydrogens (primary N) is 1. The first-order valence-electron chi connectivity index (χ1n) is 8.66. The fraction of sp³-hybridized carbons (Fsp3) is 0.389. The summed E-state index contributed by atoms with van der Waals surface area (Å²) in [6.07, 6.45) is -1.27. The Morgan fingerprint density at radius 1 is 1.30 bits per heavy atom. The maximum absolute atomic E-state index is 13.6. The highest BCUT2D eigenvalue weighted by atomic mass is 19.4. The number of hydrogen-bond acceptors (Lipinski definition) is 5. The summed E-state index contributed by atoms with van der Waals surface area (Å²) in [5.74, 6) is 0.473. The predicted octanol–water partition coefficient (Wildman–Crippen LogP) is 3.60. The molecule has 1 saturated heterocycles. The van der Waals surface area contributed by atoms with E-state index in [1.165, 1.54) is 12.3 Å². The van der Waals surface area contributed by atoms with Gasteiger partial charge in [0.05, 0.1) is 11.3 Å². The average molecular weight is 378 g/mol. The van der Waals surface area contributed by atoms with Crippen molar-refractivity contribution >= 4 is 16.9 Å². The molecule has 0 saturated carbocycles. The minimum Gasteiger partial charge on any atom is -0.355 e. The first kappa shape index (κ1) is 17.7. The van der Waals surface area contributed by atoms with Crippen LogP contribution in [0.4, 0.5) is 19.0 Å². The fourth-order valence-electron chi connectivity index (χ4n) is 3.54. The van der Waals surface area contributed by atoms with Crippen LogP contribution in [0, 0.1) is 0 Å². The van der Waals surface area contributed by atoms with Gasteiger partial charge in [0.2, 0.25) is 0 Å². The second-order valence-electron chi connectivity index (χ2n) is 7.22. The van der Waals surface area contributed by atoms with Crippen molar-refractivity contribution in [2.24, 2.45) is 5.73 Å². The van der Waals surface area contributed by atoms with Gasteiger partial charge in [-0.1, -0.05) is 0 Å². The normalized spacial score (nSPS) is 21.0. The van der Waals surface area contributed by atoms with E-state index < -0.39 is 17.3 Å². The third-order valence-corrected chi connectivity index (χ3v) is 4.80. The standard InChI is InChI=1S/C18H19F3N6.H2/c1-17(22)7-3-9-27(10-17)13-6-5-12(18(19,20)21)15(24-13)14-11-4-2-8-23-16(11)26-25-14;/h2,4-6,8H,3,7,9-10,22H2,1H3,(H,23,25,26);1H. The second kappa shape index (κ2) is 6.19. The quantitative estimate of drug-likeness (QED) is 0.712. The summed E-state index contributed by atoms with van der Waals surface area (Å²) in [6, 6.07) is 5.81. The number of rotatable bonds is 2. The second-order valence-corrected chi connectivity index (χ2v) is 7.22. The first-order chi connectivity index (χ1) is 12.7. The van der Waals surface area contributed by atoms with E-state index >= 15 is 0 Å². The van der Waals surface area contributed by atoms with Gasteiger partial charge in [0.1, 0.15) is 11.5 Å². The van der Waals surface area contributed by atoms with E-state index in [0.29, 0.717) is 29.9 Å². The van der Waals surface area contributed by atoms with Crippen LogP contribution in [0.15, 0.2) is 30.5 Å². The van der Waals surface area contributed by atoms with Crippen LogP contribution in [0.3, 0.4) is 0 Å². The number of halogens is 3. The minimum absolute atomic E-state index is 0. The van der Waals surface area contributed by atoms with Crippen LogP contribution in [-0.4, -0.2) is 38.8 Å². The first-order valence-corrected chi connectivity index (χ1v) is 8.66. The van der Waals surface area contributed by atoms with Crippen molar-refractivity contribution in [3.8, 4) is 11.4 Å². The summed E-state index contributed by atoms with van der Waals surface area (Å²) in [4.78, 5) is 10.4. The Morgan fingerprint density at radius 3 is 2.85 bits per heavy atom. The molecule has 1 fully saturated rings. The number of nitrogens with one attached hydrogen (secondary N) is 1. The van der Waals surface area contributed by atoms with Gasteiger partial charge >= 0.3 is 6.18 Å². The van der Waals surface area contributed by atoms with Gasteiger partial charge in [0, 0.05) is 31.6 Å². The summed E-state index contributed by atoms with van der Waals surface area (Å²) in [5.41, 5.74) is 5.41. The van der Waals surface area contributed by atoms with E-state index in [9.17, 15) is 13.2 Å². The molecule has 1 aliphatic heterocycles. The Kier molecular flexibility index (Phi) is 4.06. The van der Waals surface area contributed by atoms with E-state index in [1.54, 1.807) is 12.1 Å². The highest BCUT2D eigenvalue weighted by Gasteiger charge is 2.36. The number of anilines is 1. The Morgan fingerprint density at radius 2 is 2.11 bits per heavy atom. The molecule has 27 heavy (non-hydrogen) atoms. The number of piperidine rings is 1. The number of fused-ring (bicyclic) bond motifs is 1. The van der Waals surface area contributed by atoms with Gasteiger partial charge in [0.15, 0.2) is 5.65 Å². The lowest BCUT2D eigenvalue weighted by Crippen LogP contribution is -2.52. The lowest BCUT2D eigenvalue weighted by Gasteiger charge is -2.38. The van der Waals surface area contributed by atoms with Gasteiger partial charge in [0.25, 0.3) is 0 Å². The van der Waals surface area contributed by atoms with Crippen LogP contribution < -0.4 is 10.6 Å². The van der Waals surface area contributed by atoms with E-state index in [2.05, 4.69) is 20.2 Å². The lowest BCUT2D eigenvalue weighted by molar-refractivity contribution is -0.137. The molecule has 0 amide bonds. The number of hydrogen-bond donors (Lipinski definition) is 2. The van der Waals surface area contributed by atoms with Crippen LogP contribution in [-0.2, 0) is 6.18 Å². The molecule has 0 spiro atoms. The largest absolute Gasteiger partial charge is 0.418 e. The molecular formula is C18H21F3N6. The Balaban J connectivity index is 0.00000225. The molecule has 1 aliphatic rings. The molecule has 4 rings (SSSR count). The van der Waals surface area contributed by atoms with Crippen LogP contribution in [0.2, 0.25) is 0 Å². The van der Waals surface area contributed by atoms with Gasteiger partial charge in [-0.2, -0.15) is 18.3 Å². The minimum atomic E-state index is -4.54. The van der Waals surface area contributed by atoms with Crippen LogP contribution >= 0.6 is 0 Å². The highest BCUT2D eigenvalue weighted by molar-refractivity contribution is 5.90. The molecule has 1 unspecified atom stereocenters. The molecule has 0 aliphatic carbocycles. The summed E-state index contributed by atoms with van der Waals surface area (Å²) >= 11 is 0. The van der Waals surface area contributed by atoms with E-state index in [-0.39, 0.29) is 12.8 Å². The molecule has 3 aromatic rings. The number of alkyl halides is 3. The third-order valence-electron chi connectivity index (χ3n) is 4.80. The molecule has 0 aromatic carbocycles. The smallest absolute Gasteiger partial charge is 0.355 e. The number of H-pyrrole nitrogens is 1. The Bertz CT molecular complexity index is 985. The molecule has 6 nitrogen and oxygen atoms in total. The zero-order chi connectivity index (χ0) is 19.2. The third kappa shape index (κ3) is 3.34. The number of aromatic amines is 1. The maximum Gasteiger partial charge on any atom is 0.418 e. The van der Waals surface area contributed by atoms with Crippen molar-refractivity contribution in [2.45, 2.75) is 31.5 Å².